The largest absolute Gasteiger partial charge is 0.434 e. The Morgan fingerprint density at radius 2 is 2.05 bits per heavy atom. The Bertz CT molecular complexity index is 456. The molecule has 0 aliphatic carbocycles. The molecule has 3 atom stereocenters. The van der Waals surface area contributed by atoms with Gasteiger partial charge in [0.05, 0.1) is 0 Å². The fraction of sp³-hybridized carbons (Fsp3) is 0.625. The average molecular weight is 298 g/mol. The summed E-state index contributed by atoms with van der Waals surface area (Å²) >= 11 is 0. The van der Waals surface area contributed by atoms with E-state index in [0.717, 1.165) is 25.1 Å². The molecular formula is C16H24F2N2O. The van der Waals surface area contributed by atoms with Gasteiger partial charge in [-0.3, -0.25) is 0 Å². The predicted octanol–water partition coefficient (Wildman–Crippen LogP) is 3.28. The lowest BCUT2D eigenvalue weighted by atomic mass is 9.92. The SMILES string of the molecule is CC(NC1CCN(C)CC1C)c1ccccc1OC(F)F. The normalized spacial score (nSPS) is 25.0. The van der Waals surface area contributed by atoms with Crippen LogP contribution < -0.4 is 10.1 Å². The van der Waals surface area contributed by atoms with Crippen LogP contribution in [0, 0.1) is 5.92 Å². The molecule has 1 aliphatic heterocycles. The van der Waals surface area contributed by atoms with Gasteiger partial charge in [-0.15, -0.1) is 0 Å². The van der Waals surface area contributed by atoms with E-state index in [-0.39, 0.29) is 11.8 Å². The highest BCUT2D eigenvalue weighted by atomic mass is 19.3. The molecule has 3 nitrogen and oxygen atoms in total. The van der Waals surface area contributed by atoms with Crippen molar-refractivity contribution in [2.75, 3.05) is 20.1 Å². The highest BCUT2D eigenvalue weighted by Gasteiger charge is 2.26. The number of nitrogens with one attached hydrogen (secondary N) is 1. The van der Waals surface area contributed by atoms with E-state index >= 15 is 0 Å². The molecule has 1 aromatic rings. The van der Waals surface area contributed by atoms with Crippen molar-refractivity contribution in [2.24, 2.45) is 5.92 Å². The van der Waals surface area contributed by atoms with Gasteiger partial charge in [-0.05, 0) is 38.9 Å². The molecule has 1 aliphatic rings. The fourth-order valence-electron chi connectivity index (χ4n) is 3.05. The van der Waals surface area contributed by atoms with Crippen LogP contribution in [0.5, 0.6) is 5.75 Å². The van der Waals surface area contributed by atoms with Crippen molar-refractivity contribution < 1.29 is 13.5 Å². The number of alkyl halides is 2. The summed E-state index contributed by atoms with van der Waals surface area (Å²) in [6.45, 7) is 3.55. The van der Waals surface area contributed by atoms with Gasteiger partial charge >= 0.3 is 6.61 Å². The van der Waals surface area contributed by atoms with Gasteiger partial charge in [0, 0.05) is 24.2 Å². The van der Waals surface area contributed by atoms with E-state index in [1.807, 2.05) is 19.1 Å². The first-order valence-electron chi connectivity index (χ1n) is 7.45. The number of hydrogen-bond donors (Lipinski definition) is 1. The minimum atomic E-state index is -2.79. The zero-order chi connectivity index (χ0) is 15.4. The van der Waals surface area contributed by atoms with E-state index in [2.05, 4.69) is 28.9 Å². The van der Waals surface area contributed by atoms with Crippen molar-refractivity contribution >= 4 is 0 Å². The summed E-state index contributed by atoms with van der Waals surface area (Å²) in [7, 11) is 2.13. The highest BCUT2D eigenvalue weighted by Crippen LogP contribution is 2.28. The number of likely N-dealkylation sites (tertiary alicyclic amines) is 1. The summed E-state index contributed by atoms with van der Waals surface area (Å²) in [5.41, 5.74) is 0.781. The molecule has 0 saturated carbocycles. The monoisotopic (exact) mass is 298 g/mol. The molecule has 0 amide bonds. The van der Waals surface area contributed by atoms with Gasteiger partial charge < -0.3 is 15.0 Å². The first kappa shape index (κ1) is 16.2. The molecule has 21 heavy (non-hydrogen) atoms. The van der Waals surface area contributed by atoms with E-state index in [1.165, 1.54) is 0 Å². The van der Waals surface area contributed by atoms with Crippen LogP contribution in [0.4, 0.5) is 8.78 Å². The summed E-state index contributed by atoms with van der Waals surface area (Å²) in [5.74, 6) is 0.794. The molecule has 0 spiro atoms. The van der Waals surface area contributed by atoms with E-state index < -0.39 is 6.61 Å². The minimum Gasteiger partial charge on any atom is -0.434 e. The maximum absolute atomic E-state index is 12.5. The minimum absolute atomic E-state index is 0.0178. The summed E-state index contributed by atoms with van der Waals surface area (Å²) in [6, 6.07) is 7.38. The van der Waals surface area contributed by atoms with Crippen molar-refractivity contribution in [1.82, 2.24) is 10.2 Å². The topological polar surface area (TPSA) is 24.5 Å². The van der Waals surface area contributed by atoms with Gasteiger partial charge in [-0.2, -0.15) is 8.78 Å². The van der Waals surface area contributed by atoms with E-state index in [9.17, 15) is 8.78 Å². The first-order valence-corrected chi connectivity index (χ1v) is 7.45. The average Bonchev–Trinajstić information content (AvgIpc) is 2.42. The van der Waals surface area contributed by atoms with Crippen LogP contribution in [0.15, 0.2) is 24.3 Å². The second-order valence-corrected chi connectivity index (χ2v) is 5.94. The molecular weight excluding hydrogens is 274 g/mol. The molecule has 5 heteroatoms. The third kappa shape index (κ3) is 4.38. The summed E-state index contributed by atoms with van der Waals surface area (Å²) in [6.07, 6.45) is 1.07. The Morgan fingerprint density at radius 3 is 2.71 bits per heavy atom. The highest BCUT2D eigenvalue weighted by molar-refractivity contribution is 5.35. The molecule has 0 radical (unpaired) electrons. The number of rotatable bonds is 5. The first-order chi connectivity index (χ1) is 9.97. The molecule has 1 heterocycles. The fourth-order valence-corrected chi connectivity index (χ4v) is 3.05. The Kier molecular flexibility index (Phi) is 5.53. The van der Waals surface area contributed by atoms with Gasteiger partial charge in [0.1, 0.15) is 5.75 Å². The number of halogens is 2. The lowest BCUT2D eigenvalue weighted by Gasteiger charge is -2.37. The molecule has 1 fully saturated rings. The van der Waals surface area contributed by atoms with Crippen LogP contribution in [-0.2, 0) is 0 Å². The molecule has 3 unspecified atom stereocenters. The Hall–Kier alpha value is -1.20. The number of ether oxygens (including phenoxy) is 1. The second-order valence-electron chi connectivity index (χ2n) is 5.94. The number of benzene rings is 1. The van der Waals surface area contributed by atoms with Crippen LogP contribution in [0.3, 0.4) is 0 Å². The van der Waals surface area contributed by atoms with Gasteiger partial charge in [0.15, 0.2) is 0 Å². The van der Waals surface area contributed by atoms with E-state index in [0.29, 0.717) is 12.0 Å². The number of piperidine rings is 1. The van der Waals surface area contributed by atoms with Crippen LogP contribution in [0.2, 0.25) is 0 Å². The number of nitrogens with zero attached hydrogens (tertiary/aromatic N) is 1. The van der Waals surface area contributed by atoms with Gasteiger partial charge in [-0.25, -0.2) is 0 Å². The van der Waals surface area contributed by atoms with E-state index in [4.69, 9.17) is 0 Å². The zero-order valence-corrected chi connectivity index (χ0v) is 12.9. The molecule has 0 bridgehead atoms. The summed E-state index contributed by atoms with van der Waals surface area (Å²) in [5, 5.41) is 3.57. The number of para-hydroxylation sites is 1. The maximum atomic E-state index is 12.5. The van der Waals surface area contributed by atoms with Crippen molar-refractivity contribution in [2.45, 2.75) is 39.0 Å². The zero-order valence-electron chi connectivity index (χ0n) is 12.9. The van der Waals surface area contributed by atoms with Crippen LogP contribution in [0.1, 0.15) is 31.9 Å². The molecule has 2 rings (SSSR count). The van der Waals surface area contributed by atoms with E-state index in [1.54, 1.807) is 12.1 Å². The maximum Gasteiger partial charge on any atom is 0.387 e. The van der Waals surface area contributed by atoms with Crippen molar-refractivity contribution in [1.29, 1.82) is 0 Å². The predicted molar refractivity (Wildman–Crippen MR) is 79.7 cm³/mol. The van der Waals surface area contributed by atoms with Crippen molar-refractivity contribution in [3.63, 3.8) is 0 Å². The Balaban J connectivity index is 2.04. The molecule has 1 aromatic carbocycles. The van der Waals surface area contributed by atoms with Gasteiger partial charge in [0.2, 0.25) is 0 Å². The molecule has 118 valence electrons. The molecule has 1 saturated heterocycles. The summed E-state index contributed by atoms with van der Waals surface area (Å²) in [4.78, 5) is 2.32. The van der Waals surface area contributed by atoms with Gasteiger partial charge in [-0.1, -0.05) is 25.1 Å². The quantitative estimate of drug-likeness (QED) is 0.903. The van der Waals surface area contributed by atoms with Crippen molar-refractivity contribution in [3.8, 4) is 5.75 Å². The van der Waals surface area contributed by atoms with Crippen LogP contribution in [0.25, 0.3) is 0 Å². The molecule has 1 N–H and O–H groups in total. The third-order valence-electron chi connectivity index (χ3n) is 4.17. The molecule has 0 aromatic heterocycles. The third-order valence-corrected chi connectivity index (χ3v) is 4.17. The summed E-state index contributed by atoms with van der Waals surface area (Å²) < 4.78 is 29.6. The lowest BCUT2D eigenvalue weighted by molar-refractivity contribution is -0.0507. The Morgan fingerprint density at radius 1 is 1.33 bits per heavy atom. The lowest BCUT2D eigenvalue weighted by Crippen LogP contribution is -2.47. The van der Waals surface area contributed by atoms with Crippen LogP contribution in [-0.4, -0.2) is 37.7 Å². The standard InChI is InChI=1S/C16H24F2N2O/c1-11-10-20(3)9-8-14(11)19-12(2)13-6-4-5-7-15(13)21-16(17)18/h4-7,11-12,14,16,19H,8-10H2,1-3H3. The second kappa shape index (κ2) is 7.18. The van der Waals surface area contributed by atoms with Crippen molar-refractivity contribution in [3.05, 3.63) is 29.8 Å². The van der Waals surface area contributed by atoms with Gasteiger partial charge in [0.25, 0.3) is 0 Å². The van der Waals surface area contributed by atoms with Crippen LogP contribution >= 0.6 is 0 Å². The smallest absolute Gasteiger partial charge is 0.387 e. The number of hydrogen-bond acceptors (Lipinski definition) is 3. The Labute approximate surface area is 125 Å².